The van der Waals surface area contributed by atoms with Crippen molar-refractivity contribution in [2.75, 3.05) is 0 Å². The number of carbonyl (C=O) groups is 1. The first-order valence-electron chi connectivity index (χ1n) is 8.50. The number of imidazole rings is 1. The Morgan fingerprint density at radius 3 is 2.70 bits per heavy atom. The van der Waals surface area contributed by atoms with Crippen molar-refractivity contribution in [1.82, 2.24) is 14.9 Å². The van der Waals surface area contributed by atoms with Crippen molar-refractivity contribution in [2.45, 2.75) is 58.2 Å². The first-order chi connectivity index (χ1) is 11.0. The average molecular weight is 314 g/mol. The molecule has 1 saturated carbocycles. The van der Waals surface area contributed by atoms with E-state index >= 15 is 0 Å². The van der Waals surface area contributed by atoms with Crippen LogP contribution < -0.4 is 11.1 Å². The van der Waals surface area contributed by atoms with Crippen LogP contribution in [-0.4, -0.2) is 21.5 Å². The molecule has 3 rings (SSSR count). The third kappa shape index (κ3) is 3.11. The Kier molecular flexibility index (Phi) is 4.39. The molecule has 1 aromatic heterocycles. The van der Waals surface area contributed by atoms with Gasteiger partial charge in [0, 0.05) is 18.0 Å². The van der Waals surface area contributed by atoms with Crippen molar-refractivity contribution in [2.24, 2.45) is 11.7 Å². The maximum Gasteiger partial charge on any atom is 0.223 e. The Balaban J connectivity index is 1.84. The van der Waals surface area contributed by atoms with E-state index in [0.717, 1.165) is 36.1 Å². The van der Waals surface area contributed by atoms with E-state index in [1.807, 2.05) is 25.1 Å². The van der Waals surface area contributed by atoms with Crippen LogP contribution in [0.25, 0.3) is 11.0 Å². The van der Waals surface area contributed by atoms with Crippen molar-refractivity contribution in [1.29, 1.82) is 0 Å². The van der Waals surface area contributed by atoms with Crippen LogP contribution in [0, 0.1) is 5.92 Å². The largest absolute Gasteiger partial charge is 0.346 e. The van der Waals surface area contributed by atoms with Gasteiger partial charge in [-0.3, -0.25) is 4.79 Å². The van der Waals surface area contributed by atoms with E-state index in [1.165, 1.54) is 0 Å². The van der Waals surface area contributed by atoms with E-state index in [-0.39, 0.29) is 30.0 Å². The van der Waals surface area contributed by atoms with Crippen molar-refractivity contribution < 1.29 is 4.79 Å². The Morgan fingerprint density at radius 1 is 1.30 bits per heavy atom. The molecule has 0 bridgehead atoms. The second-order valence-electron chi connectivity index (χ2n) is 6.92. The molecule has 0 aliphatic heterocycles. The predicted molar refractivity (Wildman–Crippen MR) is 92.0 cm³/mol. The van der Waals surface area contributed by atoms with Crippen LogP contribution in [-0.2, 0) is 4.79 Å². The lowest BCUT2D eigenvalue weighted by molar-refractivity contribution is -0.125. The summed E-state index contributed by atoms with van der Waals surface area (Å²) in [6.45, 7) is 6.29. The van der Waals surface area contributed by atoms with Crippen molar-refractivity contribution in [3.8, 4) is 0 Å². The van der Waals surface area contributed by atoms with Gasteiger partial charge < -0.3 is 15.6 Å². The fourth-order valence-electron chi connectivity index (χ4n) is 3.56. The number of carbonyl (C=O) groups excluding carboxylic acids is 1. The monoisotopic (exact) mass is 314 g/mol. The molecule has 2 aromatic rings. The molecule has 0 radical (unpaired) electrons. The fraction of sp³-hybridized carbons (Fsp3) is 0.556. The molecule has 5 heteroatoms. The van der Waals surface area contributed by atoms with E-state index in [9.17, 15) is 4.79 Å². The molecule has 1 heterocycles. The highest BCUT2D eigenvalue weighted by Crippen LogP contribution is 2.27. The summed E-state index contributed by atoms with van der Waals surface area (Å²) in [5, 5.41) is 3.14. The number of nitrogens with zero attached hydrogens (tertiary/aromatic N) is 2. The van der Waals surface area contributed by atoms with Crippen LogP contribution in [0.15, 0.2) is 24.3 Å². The van der Waals surface area contributed by atoms with Gasteiger partial charge in [0.1, 0.15) is 5.82 Å². The van der Waals surface area contributed by atoms with Gasteiger partial charge in [-0.2, -0.15) is 0 Å². The molecule has 3 atom stereocenters. The zero-order valence-electron chi connectivity index (χ0n) is 14.1. The van der Waals surface area contributed by atoms with E-state index < -0.39 is 0 Å². The van der Waals surface area contributed by atoms with Crippen molar-refractivity contribution >= 4 is 16.9 Å². The van der Waals surface area contributed by atoms with Gasteiger partial charge in [-0.25, -0.2) is 4.98 Å². The Morgan fingerprint density at radius 2 is 2.04 bits per heavy atom. The van der Waals surface area contributed by atoms with Gasteiger partial charge in [-0.1, -0.05) is 12.1 Å². The third-order valence-electron chi connectivity index (χ3n) is 4.73. The number of nitrogens with one attached hydrogen (secondary N) is 1. The van der Waals surface area contributed by atoms with Gasteiger partial charge in [0.05, 0.1) is 17.1 Å². The average Bonchev–Trinajstić information content (AvgIpc) is 3.10. The highest BCUT2D eigenvalue weighted by molar-refractivity contribution is 5.80. The molecule has 1 amide bonds. The molecule has 0 saturated heterocycles. The summed E-state index contributed by atoms with van der Waals surface area (Å²) < 4.78 is 2.21. The number of fused-ring (bicyclic) bond motifs is 1. The summed E-state index contributed by atoms with van der Waals surface area (Å²) in [6.07, 6.45) is 2.62. The second kappa shape index (κ2) is 6.32. The summed E-state index contributed by atoms with van der Waals surface area (Å²) in [6, 6.07) is 8.45. The van der Waals surface area contributed by atoms with Crippen LogP contribution >= 0.6 is 0 Å². The minimum atomic E-state index is -0.117. The minimum Gasteiger partial charge on any atom is -0.346 e. The zero-order valence-corrected chi connectivity index (χ0v) is 14.1. The molecule has 3 unspecified atom stereocenters. The molecule has 124 valence electrons. The van der Waals surface area contributed by atoms with Gasteiger partial charge in [0.15, 0.2) is 0 Å². The summed E-state index contributed by atoms with van der Waals surface area (Å²) in [7, 11) is 0. The number of hydrogen-bond donors (Lipinski definition) is 2. The van der Waals surface area contributed by atoms with Crippen LogP contribution in [0.5, 0.6) is 0 Å². The molecule has 3 N–H and O–H groups in total. The maximum absolute atomic E-state index is 12.5. The smallest absolute Gasteiger partial charge is 0.223 e. The minimum absolute atomic E-state index is 0.0457. The van der Waals surface area contributed by atoms with Gasteiger partial charge in [0.25, 0.3) is 0 Å². The lowest BCUT2D eigenvalue weighted by Gasteiger charge is -2.20. The molecule has 23 heavy (non-hydrogen) atoms. The summed E-state index contributed by atoms with van der Waals surface area (Å²) in [4.78, 5) is 17.2. The number of aromatic nitrogens is 2. The number of para-hydroxylation sites is 2. The summed E-state index contributed by atoms with van der Waals surface area (Å²) in [5.74, 6) is 1.06. The zero-order chi connectivity index (χ0) is 16.6. The topological polar surface area (TPSA) is 72.9 Å². The Hall–Kier alpha value is -1.88. The molecule has 1 aliphatic carbocycles. The quantitative estimate of drug-likeness (QED) is 0.911. The lowest BCUT2D eigenvalue weighted by atomic mass is 10.1. The summed E-state index contributed by atoms with van der Waals surface area (Å²) >= 11 is 0. The van der Waals surface area contributed by atoms with Gasteiger partial charge >= 0.3 is 0 Å². The van der Waals surface area contributed by atoms with Gasteiger partial charge in [-0.05, 0) is 52.2 Å². The SMILES string of the molecule is CC(NC(=O)C1CCC(N)C1)c1nc2ccccc2n1C(C)C. The van der Waals surface area contributed by atoms with Crippen LogP contribution in [0.2, 0.25) is 0 Å². The Labute approximate surface area is 137 Å². The predicted octanol–water partition coefficient (Wildman–Crippen LogP) is 2.92. The normalized spacial score (nSPS) is 22.7. The van der Waals surface area contributed by atoms with Crippen LogP contribution in [0.4, 0.5) is 0 Å². The van der Waals surface area contributed by atoms with E-state index in [4.69, 9.17) is 10.7 Å². The maximum atomic E-state index is 12.5. The second-order valence-corrected chi connectivity index (χ2v) is 6.92. The van der Waals surface area contributed by atoms with E-state index in [1.54, 1.807) is 0 Å². The van der Waals surface area contributed by atoms with Crippen molar-refractivity contribution in [3.63, 3.8) is 0 Å². The van der Waals surface area contributed by atoms with Gasteiger partial charge in [0.2, 0.25) is 5.91 Å². The van der Waals surface area contributed by atoms with Crippen molar-refractivity contribution in [3.05, 3.63) is 30.1 Å². The number of benzene rings is 1. The first-order valence-corrected chi connectivity index (χ1v) is 8.50. The standard InChI is InChI=1S/C18H26N4O/c1-11(2)22-16-7-5-4-6-15(16)21-17(22)12(3)20-18(23)13-8-9-14(19)10-13/h4-7,11-14H,8-10,19H2,1-3H3,(H,20,23). The molecule has 1 aromatic carbocycles. The number of nitrogens with two attached hydrogens (primary N) is 1. The van der Waals surface area contributed by atoms with Crippen LogP contribution in [0.1, 0.15) is 57.9 Å². The molecule has 0 spiro atoms. The van der Waals surface area contributed by atoms with Gasteiger partial charge in [-0.15, -0.1) is 0 Å². The molecule has 1 fully saturated rings. The van der Waals surface area contributed by atoms with E-state index in [2.05, 4.69) is 29.8 Å². The number of hydrogen-bond acceptors (Lipinski definition) is 3. The molecule has 5 nitrogen and oxygen atoms in total. The molecule has 1 aliphatic rings. The fourth-order valence-corrected chi connectivity index (χ4v) is 3.56. The first kappa shape index (κ1) is 16.0. The summed E-state index contributed by atoms with van der Waals surface area (Å²) in [5.41, 5.74) is 8.01. The third-order valence-corrected chi connectivity index (χ3v) is 4.73. The van der Waals surface area contributed by atoms with Crippen LogP contribution in [0.3, 0.4) is 0 Å². The Bertz CT molecular complexity index is 706. The highest BCUT2D eigenvalue weighted by atomic mass is 16.2. The highest BCUT2D eigenvalue weighted by Gasteiger charge is 2.29. The lowest BCUT2D eigenvalue weighted by Crippen LogP contribution is -2.34. The number of rotatable bonds is 4. The van der Waals surface area contributed by atoms with E-state index in [0.29, 0.717) is 0 Å². The molecular formula is C18H26N4O. The number of amides is 1. The molecular weight excluding hydrogens is 288 g/mol.